The second-order valence-corrected chi connectivity index (χ2v) is 5.65. The number of aliphatic hydroxyl groups is 1. The minimum atomic E-state index is -0.171. The Labute approximate surface area is 71.0 Å². The summed E-state index contributed by atoms with van der Waals surface area (Å²) in [4.78, 5) is 0. The quantitative estimate of drug-likeness (QED) is 0.698. The van der Waals surface area contributed by atoms with E-state index in [1.165, 1.54) is 11.5 Å². The van der Waals surface area contributed by atoms with Crippen LogP contribution in [0.15, 0.2) is 0 Å². The maximum atomic E-state index is 9.46. The van der Waals surface area contributed by atoms with Crippen molar-refractivity contribution in [2.45, 2.75) is 30.5 Å². The van der Waals surface area contributed by atoms with Crippen molar-refractivity contribution in [1.82, 2.24) is 0 Å². The van der Waals surface area contributed by atoms with E-state index in [9.17, 15) is 5.11 Å². The fraction of sp³-hybridized carbons (Fsp3) is 1.00. The second kappa shape index (κ2) is 3.37. The minimum Gasteiger partial charge on any atom is -0.391 e. The smallest absolute Gasteiger partial charge is 0.0863 e. The van der Waals surface area contributed by atoms with Crippen LogP contribution in [-0.2, 0) is 0 Å². The molecule has 1 nitrogen and oxygen atoms in total. The predicted molar refractivity (Wildman–Crippen MR) is 49.6 cm³/mol. The van der Waals surface area contributed by atoms with Gasteiger partial charge in [0, 0.05) is 11.5 Å². The van der Waals surface area contributed by atoms with Gasteiger partial charge in [-0.05, 0) is 13.3 Å². The van der Waals surface area contributed by atoms with E-state index in [-0.39, 0.29) is 10.2 Å². The highest BCUT2D eigenvalue weighted by Gasteiger charge is 2.38. The number of hydrogen-bond acceptors (Lipinski definition) is 3. The maximum Gasteiger partial charge on any atom is 0.0863 e. The molecule has 1 rings (SSSR count). The van der Waals surface area contributed by atoms with Gasteiger partial charge in [-0.2, -0.15) is 0 Å². The van der Waals surface area contributed by atoms with E-state index in [1.807, 2.05) is 30.4 Å². The SMILES string of the molecule is CCC1(C(C)O)SCCS1. The Morgan fingerprint density at radius 2 is 2.00 bits per heavy atom. The van der Waals surface area contributed by atoms with Crippen LogP contribution in [0.4, 0.5) is 0 Å². The van der Waals surface area contributed by atoms with Gasteiger partial charge in [-0.15, -0.1) is 23.5 Å². The van der Waals surface area contributed by atoms with Gasteiger partial charge in [0.25, 0.3) is 0 Å². The topological polar surface area (TPSA) is 20.2 Å². The molecule has 1 aliphatic heterocycles. The summed E-state index contributed by atoms with van der Waals surface area (Å²) >= 11 is 3.82. The van der Waals surface area contributed by atoms with Crippen LogP contribution in [0, 0.1) is 0 Å². The lowest BCUT2D eigenvalue weighted by Gasteiger charge is -2.28. The number of aliphatic hydroxyl groups excluding tert-OH is 1. The summed E-state index contributed by atoms with van der Waals surface area (Å²) in [5.41, 5.74) is 0. The average Bonchev–Trinajstić information content (AvgIpc) is 2.35. The molecule has 1 unspecified atom stereocenters. The molecule has 0 spiro atoms. The molecule has 0 saturated carbocycles. The molecule has 1 fully saturated rings. The van der Waals surface area contributed by atoms with Crippen molar-refractivity contribution in [2.75, 3.05) is 11.5 Å². The third-order valence-corrected chi connectivity index (χ3v) is 5.92. The fourth-order valence-electron chi connectivity index (χ4n) is 1.21. The highest BCUT2D eigenvalue weighted by atomic mass is 32.2. The molecule has 3 heteroatoms. The molecule has 0 aliphatic carbocycles. The lowest BCUT2D eigenvalue weighted by molar-refractivity contribution is 0.179. The summed E-state index contributed by atoms with van der Waals surface area (Å²) < 4.78 is 0.125. The highest BCUT2D eigenvalue weighted by molar-refractivity contribution is 8.21. The molecule has 0 radical (unpaired) electrons. The molecule has 1 N–H and O–H groups in total. The lowest BCUT2D eigenvalue weighted by Crippen LogP contribution is -2.30. The Morgan fingerprint density at radius 3 is 2.20 bits per heavy atom. The van der Waals surface area contributed by atoms with E-state index in [0.717, 1.165) is 6.42 Å². The third kappa shape index (κ3) is 1.46. The molecule has 0 aromatic carbocycles. The van der Waals surface area contributed by atoms with Gasteiger partial charge in [-0.3, -0.25) is 0 Å². The zero-order valence-corrected chi connectivity index (χ0v) is 8.10. The van der Waals surface area contributed by atoms with Crippen LogP contribution in [-0.4, -0.2) is 26.8 Å². The first-order valence-corrected chi connectivity index (χ1v) is 5.64. The molecule has 60 valence electrons. The molecular formula is C7H14OS2. The van der Waals surface area contributed by atoms with Crippen LogP contribution < -0.4 is 0 Å². The standard InChI is InChI=1S/C7H14OS2/c1-3-7(6(2)8)9-4-5-10-7/h6,8H,3-5H2,1-2H3. The Morgan fingerprint density at radius 1 is 1.50 bits per heavy atom. The van der Waals surface area contributed by atoms with Crippen molar-refractivity contribution < 1.29 is 5.11 Å². The van der Waals surface area contributed by atoms with Crippen LogP contribution in [0.3, 0.4) is 0 Å². The Hall–Kier alpha value is 0.660. The Balaban J connectivity index is 2.58. The first-order valence-electron chi connectivity index (χ1n) is 3.67. The van der Waals surface area contributed by atoms with Crippen molar-refractivity contribution in [3.05, 3.63) is 0 Å². The lowest BCUT2D eigenvalue weighted by atomic mass is 10.2. The van der Waals surface area contributed by atoms with Gasteiger partial charge in [-0.1, -0.05) is 6.92 Å². The summed E-state index contributed by atoms with van der Waals surface area (Å²) in [6, 6.07) is 0. The van der Waals surface area contributed by atoms with Crippen LogP contribution in [0.1, 0.15) is 20.3 Å². The minimum absolute atomic E-state index is 0.125. The zero-order chi connectivity index (χ0) is 7.61. The summed E-state index contributed by atoms with van der Waals surface area (Å²) in [7, 11) is 0. The Kier molecular flexibility index (Phi) is 2.95. The fourth-order valence-corrected chi connectivity index (χ4v) is 4.29. The van der Waals surface area contributed by atoms with Gasteiger partial charge in [0.05, 0.1) is 10.2 Å². The van der Waals surface area contributed by atoms with E-state index in [4.69, 9.17) is 0 Å². The molecular weight excluding hydrogens is 164 g/mol. The summed E-state index contributed by atoms with van der Waals surface area (Å²) in [5, 5.41) is 9.46. The van der Waals surface area contributed by atoms with E-state index in [0.29, 0.717) is 0 Å². The van der Waals surface area contributed by atoms with Gasteiger partial charge < -0.3 is 5.11 Å². The molecule has 10 heavy (non-hydrogen) atoms. The first-order chi connectivity index (χ1) is 4.71. The first kappa shape index (κ1) is 8.75. The molecule has 0 aromatic rings. The van der Waals surface area contributed by atoms with Gasteiger partial charge >= 0.3 is 0 Å². The largest absolute Gasteiger partial charge is 0.391 e. The number of thioether (sulfide) groups is 2. The molecule has 1 aliphatic rings. The van der Waals surface area contributed by atoms with E-state index in [1.54, 1.807) is 0 Å². The van der Waals surface area contributed by atoms with Crippen molar-refractivity contribution in [1.29, 1.82) is 0 Å². The number of hydrogen-bond donors (Lipinski definition) is 1. The van der Waals surface area contributed by atoms with Crippen molar-refractivity contribution in [3.8, 4) is 0 Å². The molecule has 0 aromatic heterocycles. The van der Waals surface area contributed by atoms with Gasteiger partial charge in [0.2, 0.25) is 0 Å². The summed E-state index contributed by atoms with van der Waals surface area (Å²) in [6.45, 7) is 4.05. The van der Waals surface area contributed by atoms with Gasteiger partial charge in [-0.25, -0.2) is 0 Å². The normalized spacial score (nSPS) is 26.7. The molecule has 1 saturated heterocycles. The van der Waals surface area contributed by atoms with E-state index in [2.05, 4.69) is 6.92 Å². The van der Waals surface area contributed by atoms with Crippen molar-refractivity contribution >= 4 is 23.5 Å². The summed E-state index contributed by atoms with van der Waals surface area (Å²) in [5.74, 6) is 2.40. The monoisotopic (exact) mass is 178 g/mol. The second-order valence-electron chi connectivity index (χ2n) is 2.54. The van der Waals surface area contributed by atoms with Crippen molar-refractivity contribution in [3.63, 3.8) is 0 Å². The molecule has 1 heterocycles. The number of rotatable bonds is 2. The third-order valence-electron chi connectivity index (χ3n) is 1.91. The maximum absolute atomic E-state index is 9.46. The average molecular weight is 178 g/mol. The van der Waals surface area contributed by atoms with Crippen LogP contribution in [0.2, 0.25) is 0 Å². The zero-order valence-electron chi connectivity index (χ0n) is 6.46. The van der Waals surface area contributed by atoms with Crippen LogP contribution in [0.25, 0.3) is 0 Å². The molecule has 0 amide bonds. The van der Waals surface area contributed by atoms with E-state index < -0.39 is 0 Å². The predicted octanol–water partition coefficient (Wildman–Crippen LogP) is 1.95. The van der Waals surface area contributed by atoms with Gasteiger partial charge in [0.1, 0.15) is 0 Å². The van der Waals surface area contributed by atoms with Crippen LogP contribution >= 0.6 is 23.5 Å². The summed E-state index contributed by atoms with van der Waals surface area (Å²) in [6.07, 6.45) is 0.898. The van der Waals surface area contributed by atoms with Gasteiger partial charge in [0.15, 0.2) is 0 Å². The molecule has 0 bridgehead atoms. The van der Waals surface area contributed by atoms with Crippen LogP contribution in [0.5, 0.6) is 0 Å². The molecule has 1 atom stereocenters. The van der Waals surface area contributed by atoms with Crippen molar-refractivity contribution in [2.24, 2.45) is 0 Å². The van der Waals surface area contributed by atoms with E-state index >= 15 is 0 Å². The Bertz CT molecular complexity index is 108. The highest BCUT2D eigenvalue weighted by Crippen LogP contribution is 2.48.